The molecule has 0 aliphatic carbocycles. The summed E-state index contributed by atoms with van der Waals surface area (Å²) in [6, 6.07) is 16.7. The number of ether oxygens (including phenoxy) is 2. The molecule has 4 nitrogen and oxygen atoms in total. The largest absolute Gasteiger partial charge is 0.497 e. The molecule has 0 atom stereocenters. The summed E-state index contributed by atoms with van der Waals surface area (Å²) in [6.07, 6.45) is 0. The summed E-state index contributed by atoms with van der Waals surface area (Å²) < 4.78 is 10.8. The van der Waals surface area contributed by atoms with Crippen LogP contribution in [-0.2, 0) is 13.1 Å². The Balaban J connectivity index is 1.55. The molecule has 2 aromatic carbocycles. The van der Waals surface area contributed by atoms with Gasteiger partial charge in [0.2, 0.25) is 0 Å². The molecular formula is C20H26N2O2. The van der Waals surface area contributed by atoms with E-state index < -0.39 is 0 Å². The van der Waals surface area contributed by atoms with Crippen LogP contribution >= 0.6 is 0 Å². The maximum atomic E-state index is 5.49. The smallest absolute Gasteiger partial charge is 0.123 e. The van der Waals surface area contributed by atoms with Crippen LogP contribution in [0, 0.1) is 0 Å². The second-order valence-electron chi connectivity index (χ2n) is 6.22. The van der Waals surface area contributed by atoms with E-state index in [4.69, 9.17) is 9.47 Å². The van der Waals surface area contributed by atoms with Crippen molar-refractivity contribution in [1.29, 1.82) is 0 Å². The Morgan fingerprint density at radius 1 is 0.792 bits per heavy atom. The van der Waals surface area contributed by atoms with Gasteiger partial charge in [-0.05, 0) is 23.8 Å². The third-order valence-corrected chi connectivity index (χ3v) is 4.60. The molecule has 0 radical (unpaired) electrons. The van der Waals surface area contributed by atoms with Crippen molar-refractivity contribution in [2.24, 2.45) is 0 Å². The van der Waals surface area contributed by atoms with Gasteiger partial charge in [0.15, 0.2) is 0 Å². The second-order valence-corrected chi connectivity index (χ2v) is 6.22. The highest BCUT2D eigenvalue weighted by atomic mass is 16.5. The van der Waals surface area contributed by atoms with Crippen LogP contribution in [0.15, 0.2) is 48.5 Å². The van der Waals surface area contributed by atoms with Gasteiger partial charge in [-0.25, -0.2) is 0 Å². The van der Waals surface area contributed by atoms with Gasteiger partial charge in [-0.3, -0.25) is 9.80 Å². The van der Waals surface area contributed by atoms with Crippen molar-refractivity contribution in [3.05, 3.63) is 59.7 Å². The minimum Gasteiger partial charge on any atom is -0.497 e. The number of hydrogen-bond acceptors (Lipinski definition) is 4. The molecule has 24 heavy (non-hydrogen) atoms. The van der Waals surface area contributed by atoms with Crippen LogP contribution in [0.1, 0.15) is 11.1 Å². The Labute approximate surface area is 144 Å². The Bertz CT molecular complexity index is 637. The summed E-state index contributed by atoms with van der Waals surface area (Å²) in [5.41, 5.74) is 2.58. The lowest BCUT2D eigenvalue weighted by Crippen LogP contribution is -2.45. The fraction of sp³-hybridized carbons (Fsp3) is 0.400. The molecule has 0 unspecified atom stereocenters. The quantitative estimate of drug-likeness (QED) is 0.815. The van der Waals surface area contributed by atoms with E-state index in [1.165, 1.54) is 11.1 Å². The van der Waals surface area contributed by atoms with Gasteiger partial charge >= 0.3 is 0 Å². The van der Waals surface area contributed by atoms with E-state index in [1.54, 1.807) is 14.2 Å². The van der Waals surface area contributed by atoms with E-state index in [0.717, 1.165) is 50.8 Å². The summed E-state index contributed by atoms with van der Waals surface area (Å²) in [4.78, 5) is 5.01. The molecule has 2 aromatic rings. The summed E-state index contributed by atoms with van der Waals surface area (Å²) >= 11 is 0. The van der Waals surface area contributed by atoms with Gasteiger partial charge in [-0.15, -0.1) is 0 Å². The molecule has 0 spiro atoms. The molecule has 128 valence electrons. The summed E-state index contributed by atoms with van der Waals surface area (Å²) in [5.74, 6) is 1.82. The lowest BCUT2D eigenvalue weighted by atomic mass is 10.1. The minimum atomic E-state index is 0.883. The molecule has 1 aliphatic heterocycles. The van der Waals surface area contributed by atoms with Crippen molar-refractivity contribution < 1.29 is 9.47 Å². The number of benzene rings is 2. The molecule has 1 saturated heterocycles. The fourth-order valence-corrected chi connectivity index (χ4v) is 3.19. The molecule has 1 aliphatic rings. The van der Waals surface area contributed by atoms with Gasteiger partial charge in [0.05, 0.1) is 14.2 Å². The predicted octanol–water partition coefficient (Wildman–Crippen LogP) is 3.02. The van der Waals surface area contributed by atoms with Crippen molar-refractivity contribution in [1.82, 2.24) is 9.80 Å². The van der Waals surface area contributed by atoms with Crippen molar-refractivity contribution in [2.75, 3.05) is 40.4 Å². The molecule has 0 amide bonds. The highest BCUT2D eigenvalue weighted by Gasteiger charge is 2.18. The summed E-state index contributed by atoms with van der Waals surface area (Å²) in [6.45, 7) is 6.29. The normalized spacial score (nSPS) is 16.1. The second kappa shape index (κ2) is 8.18. The van der Waals surface area contributed by atoms with Gasteiger partial charge in [0.1, 0.15) is 11.5 Å². The lowest BCUT2D eigenvalue weighted by molar-refractivity contribution is 0.121. The highest BCUT2D eigenvalue weighted by molar-refractivity contribution is 5.40. The lowest BCUT2D eigenvalue weighted by Gasteiger charge is -2.35. The molecule has 4 heteroatoms. The van der Waals surface area contributed by atoms with E-state index in [1.807, 2.05) is 12.1 Å². The van der Waals surface area contributed by atoms with Crippen molar-refractivity contribution >= 4 is 0 Å². The van der Waals surface area contributed by atoms with Gasteiger partial charge in [-0.1, -0.05) is 30.3 Å². The highest BCUT2D eigenvalue weighted by Crippen LogP contribution is 2.25. The van der Waals surface area contributed by atoms with Crippen LogP contribution in [0.4, 0.5) is 0 Å². The Morgan fingerprint density at radius 2 is 1.46 bits per heavy atom. The van der Waals surface area contributed by atoms with Crippen molar-refractivity contribution in [3.8, 4) is 11.5 Å². The summed E-state index contributed by atoms with van der Waals surface area (Å²) in [7, 11) is 3.43. The average molecular weight is 326 g/mol. The van der Waals surface area contributed by atoms with E-state index in [2.05, 4.69) is 46.2 Å². The molecule has 0 aromatic heterocycles. The van der Waals surface area contributed by atoms with Gasteiger partial charge in [-0.2, -0.15) is 0 Å². The van der Waals surface area contributed by atoms with Crippen LogP contribution in [0.2, 0.25) is 0 Å². The first kappa shape index (κ1) is 16.8. The Hall–Kier alpha value is -2.04. The molecular weight excluding hydrogens is 300 g/mol. The number of nitrogens with zero attached hydrogens (tertiary/aromatic N) is 2. The SMILES string of the molecule is COc1ccc(OC)c(CN2CCN(Cc3ccccc3)CC2)c1. The molecule has 0 N–H and O–H groups in total. The predicted molar refractivity (Wildman–Crippen MR) is 96.5 cm³/mol. The number of piperazine rings is 1. The van der Waals surface area contributed by atoms with Crippen molar-refractivity contribution in [2.45, 2.75) is 13.1 Å². The number of rotatable bonds is 6. The first-order chi connectivity index (χ1) is 11.8. The molecule has 0 bridgehead atoms. The van der Waals surface area contributed by atoms with E-state index in [9.17, 15) is 0 Å². The third-order valence-electron chi connectivity index (χ3n) is 4.60. The zero-order chi connectivity index (χ0) is 16.8. The maximum Gasteiger partial charge on any atom is 0.123 e. The average Bonchev–Trinajstić information content (AvgIpc) is 2.64. The zero-order valence-electron chi connectivity index (χ0n) is 14.6. The van der Waals surface area contributed by atoms with Crippen LogP contribution < -0.4 is 9.47 Å². The van der Waals surface area contributed by atoms with Crippen molar-refractivity contribution in [3.63, 3.8) is 0 Å². The summed E-state index contributed by atoms with van der Waals surface area (Å²) in [5, 5.41) is 0. The van der Waals surface area contributed by atoms with Crippen LogP contribution in [0.25, 0.3) is 0 Å². The Morgan fingerprint density at radius 3 is 2.08 bits per heavy atom. The molecule has 1 fully saturated rings. The first-order valence-electron chi connectivity index (χ1n) is 8.48. The molecule has 1 heterocycles. The van der Waals surface area contributed by atoms with Gasteiger partial charge < -0.3 is 9.47 Å². The minimum absolute atomic E-state index is 0.883. The zero-order valence-corrected chi connectivity index (χ0v) is 14.6. The van der Waals surface area contributed by atoms with Gasteiger partial charge in [0, 0.05) is 44.8 Å². The van der Waals surface area contributed by atoms with E-state index >= 15 is 0 Å². The topological polar surface area (TPSA) is 24.9 Å². The van der Waals surface area contributed by atoms with E-state index in [-0.39, 0.29) is 0 Å². The van der Waals surface area contributed by atoms with Crippen LogP contribution in [0.3, 0.4) is 0 Å². The standard InChI is InChI=1S/C20H26N2O2/c1-23-19-8-9-20(24-2)18(14-19)16-22-12-10-21(11-13-22)15-17-6-4-3-5-7-17/h3-9,14H,10-13,15-16H2,1-2H3. The fourth-order valence-electron chi connectivity index (χ4n) is 3.19. The van der Waals surface area contributed by atoms with Crippen LogP contribution in [-0.4, -0.2) is 50.2 Å². The molecule has 3 rings (SSSR count). The monoisotopic (exact) mass is 326 g/mol. The number of methoxy groups -OCH3 is 2. The van der Waals surface area contributed by atoms with E-state index in [0.29, 0.717) is 0 Å². The van der Waals surface area contributed by atoms with Gasteiger partial charge in [0.25, 0.3) is 0 Å². The maximum absolute atomic E-state index is 5.49. The number of hydrogen-bond donors (Lipinski definition) is 0. The first-order valence-corrected chi connectivity index (χ1v) is 8.48. The third kappa shape index (κ3) is 4.28. The molecule has 0 saturated carbocycles. The Kier molecular flexibility index (Phi) is 5.72. The van der Waals surface area contributed by atoms with Crippen LogP contribution in [0.5, 0.6) is 11.5 Å².